The molecule has 1 amide bonds. The number of thiophene rings is 1. The Labute approximate surface area is 173 Å². The summed E-state index contributed by atoms with van der Waals surface area (Å²) >= 11 is 4.39. The number of hydrogen-bond acceptors (Lipinski definition) is 5. The fourth-order valence-corrected chi connectivity index (χ4v) is 6.56. The Balaban J connectivity index is 1.62. The number of nitrogens with zero attached hydrogens (tertiary/aromatic N) is 1. The first kappa shape index (κ1) is 21.2. The van der Waals surface area contributed by atoms with Gasteiger partial charge in [-0.1, -0.05) is 12.1 Å². The molecule has 2 heterocycles. The molecule has 1 saturated heterocycles. The molecular formula is C17H17BrF2N2O4S2. The van der Waals surface area contributed by atoms with Crippen LogP contribution in [0.3, 0.4) is 0 Å². The monoisotopic (exact) mass is 494 g/mol. The van der Waals surface area contributed by atoms with Crippen LogP contribution in [0.1, 0.15) is 12.8 Å². The summed E-state index contributed by atoms with van der Waals surface area (Å²) in [5.41, 5.74) is 0.159. The fraction of sp³-hybridized carbons (Fsp3) is 0.353. The topological polar surface area (TPSA) is 75.7 Å². The van der Waals surface area contributed by atoms with Gasteiger partial charge in [-0.3, -0.25) is 4.79 Å². The molecule has 1 aromatic heterocycles. The van der Waals surface area contributed by atoms with Crippen LogP contribution >= 0.6 is 27.3 Å². The van der Waals surface area contributed by atoms with E-state index in [9.17, 15) is 22.0 Å². The predicted octanol–water partition coefficient (Wildman–Crippen LogP) is 4.15. The largest absolute Gasteiger partial charge is 0.433 e. The van der Waals surface area contributed by atoms with Gasteiger partial charge in [-0.05, 0) is 53.0 Å². The third kappa shape index (κ3) is 4.88. The second-order valence-electron chi connectivity index (χ2n) is 6.10. The van der Waals surface area contributed by atoms with Crippen LogP contribution in [-0.4, -0.2) is 38.3 Å². The van der Waals surface area contributed by atoms with Gasteiger partial charge in [0.25, 0.3) is 10.0 Å². The lowest BCUT2D eigenvalue weighted by Crippen LogP contribution is -2.41. The number of rotatable bonds is 6. The molecule has 3 rings (SSSR count). The van der Waals surface area contributed by atoms with Crippen LogP contribution in [0.5, 0.6) is 5.75 Å². The maximum Gasteiger partial charge on any atom is 0.387 e. The SMILES string of the molecule is O=C(Nc1ccccc1OC(F)F)C1CCN(S(=O)(=O)c2ccc(Br)s2)CC1. The number of nitrogens with one attached hydrogen (secondary N) is 1. The minimum atomic E-state index is -3.58. The zero-order valence-electron chi connectivity index (χ0n) is 14.5. The van der Waals surface area contributed by atoms with Crippen molar-refractivity contribution in [3.63, 3.8) is 0 Å². The third-order valence-electron chi connectivity index (χ3n) is 4.33. The van der Waals surface area contributed by atoms with Gasteiger partial charge in [-0.25, -0.2) is 8.42 Å². The molecular weight excluding hydrogens is 478 g/mol. The minimum absolute atomic E-state index is 0.117. The summed E-state index contributed by atoms with van der Waals surface area (Å²) in [5, 5.41) is 2.60. The predicted molar refractivity (Wildman–Crippen MR) is 105 cm³/mol. The molecule has 6 nitrogen and oxygen atoms in total. The van der Waals surface area contributed by atoms with Crippen LogP contribution in [0.15, 0.2) is 44.4 Å². The molecule has 0 radical (unpaired) electrons. The summed E-state index contributed by atoms with van der Waals surface area (Å²) < 4.78 is 57.0. The van der Waals surface area contributed by atoms with Crippen molar-refractivity contribution in [1.82, 2.24) is 4.31 Å². The highest BCUT2D eigenvalue weighted by molar-refractivity contribution is 9.11. The van der Waals surface area contributed by atoms with E-state index in [1.54, 1.807) is 18.2 Å². The van der Waals surface area contributed by atoms with Crippen molar-refractivity contribution in [3.8, 4) is 5.75 Å². The van der Waals surface area contributed by atoms with Crippen molar-refractivity contribution in [2.75, 3.05) is 18.4 Å². The number of alkyl halides is 2. The standard InChI is InChI=1S/C17H17BrF2N2O4S2/c18-14-5-6-15(27-14)28(24,25)22-9-7-11(8-10-22)16(23)21-12-3-1-2-4-13(12)26-17(19)20/h1-6,11,17H,7-10H2,(H,21,23). The average molecular weight is 495 g/mol. The van der Waals surface area contributed by atoms with Crippen molar-refractivity contribution in [3.05, 3.63) is 40.2 Å². The summed E-state index contributed by atoms with van der Waals surface area (Å²) in [4.78, 5) is 12.5. The van der Waals surface area contributed by atoms with Crippen LogP contribution in [-0.2, 0) is 14.8 Å². The lowest BCUT2D eigenvalue weighted by atomic mass is 9.97. The van der Waals surface area contributed by atoms with Gasteiger partial charge in [-0.15, -0.1) is 11.3 Å². The Morgan fingerprint density at radius 2 is 1.89 bits per heavy atom. The summed E-state index contributed by atoms with van der Waals surface area (Å²) in [7, 11) is -3.58. The highest BCUT2D eigenvalue weighted by Gasteiger charge is 2.33. The molecule has 2 aromatic rings. The van der Waals surface area contributed by atoms with Gasteiger partial charge < -0.3 is 10.1 Å². The van der Waals surface area contributed by atoms with Crippen molar-refractivity contribution in [2.45, 2.75) is 23.7 Å². The molecule has 0 unspecified atom stereocenters. The quantitative estimate of drug-likeness (QED) is 0.654. The zero-order chi connectivity index (χ0) is 20.3. The van der Waals surface area contributed by atoms with E-state index >= 15 is 0 Å². The highest BCUT2D eigenvalue weighted by atomic mass is 79.9. The number of ether oxygens (including phenoxy) is 1. The summed E-state index contributed by atoms with van der Waals surface area (Å²) in [5.74, 6) is -0.878. The van der Waals surface area contributed by atoms with Crippen molar-refractivity contribution < 1.29 is 26.7 Å². The maximum absolute atomic E-state index is 12.6. The van der Waals surface area contributed by atoms with Gasteiger partial charge in [0.2, 0.25) is 5.91 Å². The molecule has 0 aliphatic carbocycles. The Hall–Kier alpha value is -1.56. The molecule has 28 heavy (non-hydrogen) atoms. The first-order valence-electron chi connectivity index (χ1n) is 8.37. The first-order valence-corrected chi connectivity index (χ1v) is 11.4. The molecule has 0 atom stereocenters. The molecule has 1 aliphatic heterocycles. The number of anilines is 1. The molecule has 1 N–H and O–H groups in total. The Morgan fingerprint density at radius 3 is 2.50 bits per heavy atom. The van der Waals surface area contributed by atoms with Gasteiger partial charge in [0, 0.05) is 19.0 Å². The van der Waals surface area contributed by atoms with Gasteiger partial charge in [-0.2, -0.15) is 13.1 Å². The fourth-order valence-electron chi connectivity index (χ4n) is 2.93. The van der Waals surface area contributed by atoms with Crippen molar-refractivity contribution in [2.24, 2.45) is 5.92 Å². The molecule has 0 spiro atoms. The minimum Gasteiger partial charge on any atom is -0.433 e. The van der Waals surface area contributed by atoms with E-state index in [1.165, 1.54) is 22.5 Å². The van der Waals surface area contributed by atoms with E-state index in [0.29, 0.717) is 12.8 Å². The average Bonchev–Trinajstić information content (AvgIpc) is 3.10. The molecule has 1 fully saturated rings. The van der Waals surface area contributed by atoms with Crippen LogP contribution in [0, 0.1) is 5.92 Å². The second-order valence-corrected chi connectivity index (χ2v) is 10.7. The van der Waals surface area contributed by atoms with Gasteiger partial charge in [0.1, 0.15) is 9.96 Å². The molecule has 152 valence electrons. The summed E-state index contributed by atoms with van der Waals surface area (Å²) in [6.45, 7) is -2.57. The number of hydrogen-bond donors (Lipinski definition) is 1. The number of halogens is 3. The van der Waals surface area contributed by atoms with Gasteiger partial charge >= 0.3 is 6.61 Å². The number of para-hydroxylation sites is 2. The van der Waals surface area contributed by atoms with E-state index in [4.69, 9.17) is 0 Å². The zero-order valence-corrected chi connectivity index (χ0v) is 17.7. The van der Waals surface area contributed by atoms with Gasteiger partial charge in [0.05, 0.1) is 9.47 Å². The lowest BCUT2D eigenvalue weighted by molar-refractivity contribution is -0.121. The number of carbonyl (C=O) groups excluding carboxylic acids is 1. The van der Waals surface area contributed by atoms with Crippen molar-refractivity contribution in [1.29, 1.82) is 0 Å². The smallest absolute Gasteiger partial charge is 0.387 e. The van der Waals surface area contributed by atoms with Crippen LogP contribution in [0.2, 0.25) is 0 Å². The number of benzene rings is 1. The van der Waals surface area contributed by atoms with E-state index in [0.717, 1.165) is 15.1 Å². The maximum atomic E-state index is 12.6. The molecule has 11 heteroatoms. The van der Waals surface area contributed by atoms with Crippen LogP contribution < -0.4 is 10.1 Å². The van der Waals surface area contributed by atoms with Crippen molar-refractivity contribution >= 4 is 48.9 Å². The highest BCUT2D eigenvalue weighted by Crippen LogP contribution is 2.32. The van der Waals surface area contributed by atoms with Crippen LogP contribution in [0.4, 0.5) is 14.5 Å². The lowest BCUT2D eigenvalue weighted by Gasteiger charge is -2.30. The van der Waals surface area contributed by atoms with E-state index < -0.39 is 22.6 Å². The number of piperidine rings is 1. The third-order valence-corrected chi connectivity index (χ3v) is 8.32. The number of amides is 1. The van der Waals surface area contributed by atoms with Gasteiger partial charge in [0.15, 0.2) is 0 Å². The van der Waals surface area contributed by atoms with E-state index in [-0.39, 0.29) is 34.6 Å². The Kier molecular flexibility index (Phi) is 6.69. The second kappa shape index (κ2) is 8.85. The molecule has 1 aromatic carbocycles. The number of carbonyl (C=O) groups is 1. The normalized spacial score (nSPS) is 16.3. The van der Waals surface area contributed by atoms with E-state index in [1.807, 2.05) is 0 Å². The Morgan fingerprint density at radius 1 is 1.21 bits per heavy atom. The van der Waals surface area contributed by atoms with Crippen LogP contribution in [0.25, 0.3) is 0 Å². The molecule has 1 aliphatic rings. The first-order chi connectivity index (χ1) is 13.3. The summed E-state index contributed by atoms with van der Waals surface area (Å²) in [6, 6.07) is 9.17. The molecule has 0 saturated carbocycles. The number of sulfonamides is 1. The molecule has 0 bridgehead atoms. The van der Waals surface area contributed by atoms with E-state index in [2.05, 4.69) is 26.0 Å². The Bertz CT molecular complexity index is 944. The summed E-state index contributed by atoms with van der Waals surface area (Å²) in [6.07, 6.45) is 0.685.